The minimum Gasteiger partial charge on any atom is -0.0845 e. The molecule has 0 saturated heterocycles. The Morgan fingerprint density at radius 1 is 0.462 bits per heavy atom. The highest BCUT2D eigenvalue weighted by molar-refractivity contribution is 5.06. The Morgan fingerprint density at radius 2 is 0.846 bits per heavy atom. The Labute approximate surface area is 81.4 Å². The van der Waals surface area contributed by atoms with Gasteiger partial charge in [-0.25, -0.2) is 0 Å². The monoisotopic (exact) mass is 174 g/mol. The first kappa shape index (κ1) is 10.0. The topological polar surface area (TPSA) is 0 Å². The largest absolute Gasteiger partial charge is 0.0845 e. The molecule has 70 valence electrons. The minimum atomic E-state index is 1.15. The quantitative estimate of drug-likeness (QED) is 0.517. The highest BCUT2D eigenvalue weighted by Gasteiger charge is 1.80. The summed E-state index contributed by atoms with van der Waals surface area (Å²) in [6.07, 6.45) is 23.5. The highest BCUT2D eigenvalue weighted by atomic mass is 13.9. The van der Waals surface area contributed by atoms with Gasteiger partial charge in [0.25, 0.3) is 0 Å². The van der Waals surface area contributed by atoms with Gasteiger partial charge in [-0.3, -0.25) is 0 Å². The van der Waals surface area contributed by atoms with Crippen LogP contribution in [0.15, 0.2) is 48.6 Å². The van der Waals surface area contributed by atoms with Crippen molar-refractivity contribution >= 4 is 0 Å². The molecule has 0 fully saturated rings. The van der Waals surface area contributed by atoms with Gasteiger partial charge in [0, 0.05) is 0 Å². The minimum absolute atomic E-state index is 1.15. The molecule has 0 aliphatic heterocycles. The van der Waals surface area contributed by atoms with E-state index >= 15 is 0 Å². The van der Waals surface area contributed by atoms with Gasteiger partial charge >= 0.3 is 0 Å². The summed E-state index contributed by atoms with van der Waals surface area (Å²) in [5, 5.41) is 0. The second-order valence-corrected chi connectivity index (χ2v) is 3.22. The Balaban J connectivity index is 2.38. The molecule has 0 N–H and O–H groups in total. The summed E-state index contributed by atoms with van der Waals surface area (Å²) in [5.41, 5.74) is 0. The van der Waals surface area contributed by atoms with Gasteiger partial charge in [0.15, 0.2) is 0 Å². The number of hydrogen-bond donors (Lipinski definition) is 0. The second kappa shape index (κ2) is 7.60. The molecule has 1 aliphatic carbocycles. The molecule has 0 heteroatoms. The van der Waals surface area contributed by atoms with E-state index in [2.05, 4.69) is 48.6 Å². The van der Waals surface area contributed by atoms with E-state index in [-0.39, 0.29) is 0 Å². The van der Waals surface area contributed by atoms with Crippen LogP contribution < -0.4 is 0 Å². The maximum absolute atomic E-state index is 2.25. The third-order valence-corrected chi connectivity index (χ3v) is 2.01. The molecule has 0 radical (unpaired) electrons. The van der Waals surface area contributed by atoms with Gasteiger partial charge in [-0.15, -0.1) is 0 Å². The fourth-order valence-electron chi connectivity index (χ4n) is 1.25. The molecule has 0 nitrogen and oxygen atoms in total. The fraction of sp³-hybridized carbons (Fsp3) is 0.385. The molecule has 0 bridgehead atoms. The lowest BCUT2D eigenvalue weighted by Gasteiger charge is -1.87. The lowest BCUT2D eigenvalue weighted by atomic mass is 10.2. The summed E-state index contributed by atoms with van der Waals surface area (Å²) in [6.45, 7) is 0. The maximum atomic E-state index is 2.25. The van der Waals surface area contributed by atoms with Crippen molar-refractivity contribution in [2.24, 2.45) is 0 Å². The molecule has 0 amide bonds. The van der Waals surface area contributed by atoms with E-state index in [0.717, 1.165) is 12.8 Å². The molecule has 13 heavy (non-hydrogen) atoms. The van der Waals surface area contributed by atoms with Crippen molar-refractivity contribution in [2.45, 2.75) is 32.1 Å². The predicted molar refractivity (Wildman–Crippen MR) is 59.6 cm³/mol. The van der Waals surface area contributed by atoms with Gasteiger partial charge in [-0.05, 0) is 32.1 Å². The molecule has 0 atom stereocenters. The lowest BCUT2D eigenvalue weighted by Crippen LogP contribution is -1.67. The molecule has 0 spiro atoms. The Kier molecular flexibility index (Phi) is 5.87. The van der Waals surface area contributed by atoms with Crippen molar-refractivity contribution in [3.8, 4) is 0 Å². The molecule has 0 aromatic heterocycles. The van der Waals surface area contributed by atoms with E-state index in [1.807, 2.05) is 0 Å². The van der Waals surface area contributed by atoms with E-state index in [1.165, 1.54) is 19.3 Å². The van der Waals surface area contributed by atoms with Gasteiger partial charge in [0.05, 0.1) is 0 Å². The molecule has 0 saturated carbocycles. The molecule has 0 heterocycles. The normalized spacial score (nSPS) is 26.5. The van der Waals surface area contributed by atoms with Crippen molar-refractivity contribution in [2.75, 3.05) is 0 Å². The first-order valence-corrected chi connectivity index (χ1v) is 5.13. The first-order chi connectivity index (χ1) is 6.50. The first-order valence-electron chi connectivity index (χ1n) is 5.13. The Bertz CT molecular complexity index is 192. The van der Waals surface area contributed by atoms with Gasteiger partial charge in [0.2, 0.25) is 0 Å². The fourth-order valence-corrected chi connectivity index (χ4v) is 1.25. The van der Waals surface area contributed by atoms with Crippen LogP contribution in [-0.4, -0.2) is 0 Å². The standard InChI is InChI=1S/C13H18/c1-2-4-6-8-10-12-13-11-9-7-5-3-1/h1-4,9,11-13H,5-8,10H2/b3-1-,4-2+,11-9-,13-12?. The van der Waals surface area contributed by atoms with Crippen molar-refractivity contribution in [3.63, 3.8) is 0 Å². The van der Waals surface area contributed by atoms with Gasteiger partial charge < -0.3 is 0 Å². The molecule has 0 unspecified atom stereocenters. The molecule has 0 aromatic rings. The third kappa shape index (κ3) is 6.15. The third-order valence-electron chi connectivity index (χ3n) is 2.01. The second-order valence-electron chi connectivity index (χ2n) is 3.22. The summed E-state index contributed by atoms with van der Waals surface area (Å²) >= 11 is 0. The average Bonchev–Trinajstić information content (AvgIpc) is 2.18. The number of allylic oxidation sites excluding steroid dienone is 8. The summed E-state index contributed by atoms with van der Waals surface area (Å²) in [7, 11) is 0. The maximum Gasteiger partial charge on any atom is -0.0313 e. The van der Waals surface area contributed by atoms with E-state index < -0.39 is 0 Å². The summed E-state index contributed by atoms with van der Waals surface area (Å²) < 4.78 is 0. The van der Waals surface area contributed by atoms with Crippen LogP contribution in [-0.2, 0) is 0 Å². The molecular formula is C13H18. The van der Waals surface area contributed by atoms with Crippen molar-refractivity contribution in [1.82, 2.24) is 0 Å². The van der Waals surface area contributed by atoms with Crippen LogP contribution in [0, 0.1) is 0 Å². The van der Waals surface area contributed by atoms with Crippen LogP contribution in [0.3, 0.4) is 0 Å². The predicted octanol–water partition coefficient (Wildman–Crippen LogP) is 4.18. The van der Waals surface area contributed by atoms with Crippen LogP contribution in [0.5, 0.6) is 0 Å². The van der Waals surface area contributed by atoms with E-state index in [9.17, 15) is 0 Å². The van der Waals surface area contributed by atoms with Crippen LogP contribution >= 0.6 is 0 Å². The molecule has 1 rings (SSSR count). The summed E-state index contributed by atoms with van der Waals surface area (Å²) in [6, 6.07) is 0. The number of rotatable bonds is 0. The van der Waals surface area contributed by atoms with E-state index in [1.54, 1.807) is 0 Å². The Morgan fingerprint density at radius 3 is 1.31 bits per heavy atom. The zero-order chi connectivity index (χ0) is 9.19. The lowest BCUT2D eigenvalue weighted by molar-refractivity contribution is 0.868. The van der Waals surface area contributed by atoms with Crippen molar-refractivity contribution in [3.05, 3.63) is 48.6 Å². The van der Waals surface area contributed by atoms with Crippen LogP contribution in [0.25, 0.3) is 0 Å². The van der Waals surface area contributed by atoms with Crippen molar-refractivity contribution in [1.29, 1.82) is 0 Å². The van der Waals surface area contributed by atoms with Gasteiger partial charge in [0.1, 0.15) is 0 Å². The highest BCUT2D eigenvalue weighted by Crippen LogP contribution is 2.00. The molecule has 1 aliphatic rings. The zero-order valence-electron chi connectivity index (χ0n) is 8.15. The molecular weight excluding hydrogens is 156 g/mol. The molecule has 0 aromatic carbocycles. The zero-order valence-corrected chi connectivity index (χ0v) is 8.15. The van der Waals surface area contributed by atoms with E-state index in [4.69, 9.17) is 0 Å². The summed E-state index contributed by atoms with van der Waals surface area (Å²) in [5.74, 6) is 0. The summed E-state index contributed by atoms with van der Waals surface area (Å²) in [4.78, 5) is 0. The van der Waals surface area contributed by atoms with Crippen LogP contribution in [0.1, 0.15) is 32.1 Å². The van der Waals surface area contributed by atoms with Gasteiger partial charge in [-0.1, -0.05) is 48.6 Å². The smallest absolute Gasteiger partial charge is 0.0313 e. The average molecular weight is 174 g/mol. The van der Waals surface area contributed by atoms with E-state index in [0.29, 0.717) is 0 Å². The SMILES string of the molecule is C1=CCCC/C=C/C=C\CC/C=C\1. The Hall–Kier alpha value is -1.04. The van der Waals surface area contributed by atoms with Gasteiger partial charge in [-0.2, -0.15) is 0 Å². The van der Waals surface area contributed by atoms with Crippen molar-refractivity contribution < 1.29 is 0 Å². The van der Waals surface area contributed by atoms with Crippen LogP contribution in [0.4, 0.5) is 0 Å². The van der Waals surface area contributed by atoms with Crippen LogP contribution in [0.2, 0.25) is 0 Å². The number of hydrogen-bond acceptors (Lipinski definition) is 0.